The lowest BCUT2D eigenvalue weighted by atomic mass is 10.2. The molecule has 4 heteroatoms. The Hall–Kier alpha value is -1.62. The van der Waals surface area contributed by atoms with Crippen molar-refractivity contribution in [3.05, 3.63) is 24.8 Å². The van der Waals surface area contributed by atoms with Crippen molar-refractivity contribution < 1.29 is 9.47 Å². The fraction of sp³-hybridized carbons (Fsp3) is 0.500. The van der Waals surface area contributed by atoms with Crippen LogP contribution in [0.2, 0.25) is 0 Å². The Bertz CT molecular complexity index is 295. The lowest BCUT2D eigenvalue weighted by molar-refractivity contribution is 0.141. The molecule has 0 radical (unpaired) electrons. The molecule has 0 saturated carbocycles. The lowest BCUT2D eigenvalue weighted by Gasteiger charge is -1.92. The molecule has 0 aromatic rings. The predicted molar refractivity (Wildman–Crippen MR) is 60.4 cm³/mol. The maximum Gasteiger partial charge on any atom is 0.104 e. The highest BCUT2D eigenvalue weighted by molar-refractivity contribution is 5.16. The van der Waals surface area contributed by atoms with Gasteiger partial charge in [0.2, 0.25) is 0 Å². The third-order valence-corrected chi connectivity index (χ3v) is 1.64. The van der Waals surface area contributed by atoms with Gasteiger partial charge in [-0.1, -0.05) is 12.7 Å². The number of nitrogens with zero attached hydrogens (tertiary/aromatic N) is 2. The van der Waals surface area contributed by atoms with E-state index in [9.17, 15) is 0 Å². The highest BCUT2D eigenvalue weighted by Crippen LogP contribution is 2.07. The zero-order valence-corrected chi connectivity index (χ0v) is 9.32. The smallest absolute Gasteiger partial charge is 0.104 e. The Morgan fingerprint density at radius 3 is 2.69 bits per heavy atom. The summed E-state index contributed by atoms with van der Waals surface area (Å²) in [5, 5.41) is 16.1. The lowest BCUT2D eigenvalue weighted by Crippen LogP contribution is -2.00. The van der Waals surface area contributed by atoms with Crippen LogP contribution in [0, 0.1) is 22.7 Å². The van der Waals surface area contributed by atoms with Gasteiger partial charge in [-0.3, -0.25) is 0 Å². The van der Waals surface area contributed by atoms with Crippen LogP contribution in [-0.2, 0) is 9.47 Å². The largest absolute Gasteiger partial charge is 0.375 e. The van der Waals surface area contributed by atoms with E-state index in [1.54, 1.807) is 6.08 Å². The molecule has 1 rings (SSSR count). The van der Waals surface area contributed by atoms with E-state index >= 15 is 0 Å². The van der Waals surface area contributed by atoms with E-state index in [-0.39, 0.29) is 0 Å². The minimum absolute atomic E-state index is 0.384. The van der Waals surface area contributed by atoms with Crippen LogP contribution in [0.4, 0.5) is 0 Å². The highest BCUT2D eigenvalue weighted by atomic mass is 16.6. The number of epoxide rings is 1. The first kappa shape index (κ1) is 14.4. The third-order valence-electron chi connectivity index (χ3n) is 1.64. The molecular formula is C12H16N2O2. The Kier molecular flexibility index (Phi) is 8.91. The van der Waals surface area contributed by atoms with Crippen molar-refractivity contribution in [2.45, 2.75) is 18.9 Å². The van der Waals surface area contributed by atoms with E-state index in [1.807, 2.05) is 12.1 Å². The Balaban J connectivity index is 0.000000281. The molecule has 86 valence electrons. The molecule has 0 aromatic heterocycles. The summed E-state index contributed by atoms with van der Waals surface area (Å²) < 4.78 is 9.96. The molecule has 4 nitrogen and oxygen atoms in total. The van der Waals surface area contributed by atoms with Crippen molar-refractivity contribution >= 4 is 0 Å². The summed E-state index contributed by atoms with van der Waals surface area (Å²) in [4.78, 5) is 0. The van der Waals surface area contributed by atoms with Crippen molar-refractivity contribution in [2.24, 2.45) is 0 Å². The first-order chi connectivity index (χ1) is 7.74. The molecule has 16 heavy (non-hydrogen) atoms. The average Bonchev–Trinajstić information content (AvgIpc) is 3.11. The van der Waals surface area contributed by atoms with Crippen molar-refractivity contribution in [1.29, 1.82) is 10.5 Å². The molecule has 0 aliphatic carbocycles. The molecule has 1 unspecified atom stereocenters. The highest BCUT2D eigenvalue weighted by Gasteiger charge is 2.21. The normalized spacial score (nSPS) is 16.0. The third kappa shape index (κ3) is 10.5. The maximum absolute atomic E-state index is 8.10. The fourth-order valence-corrected chi connectivity index (χ4v) is 0.710. The average molecular weight is 220 g/mol. The second-order valence-corrected chi connectivity index (χ2v) is 3.15. The van der Waals surface area contributed by atoms with Crippen LogP contribution in [0.15, 0.2) is 24.8 Å². The van der Waals surface area contributed by atoms with Crippen LogP contribution in [0.5, 0.6) is 0 Å². The van der Waals surface area contributed by atoms with Crippen molar-refractivity contribution in [3.63, 3.8) is 0 Å². The van der Waals surface area contributed by atoms with E-state index in [0.717, 1.165) is 13.2 Å². The summed E-state index contributed by atoms with van der Waals surface area (Å²) in [6.45, 7) is 9.15. The van der Waals surface area contributed by atoms with Crippen LogP contribution < -0.4 is 0 Å². The summed E-state index contributed by atoms with van der Waals surface area (Å²) in [6, 6.07) is 3.78. The van der Waals surface area contributed by atoms with Gasteiger partial charge in [-0.05, 0) is 6.42 Å². The Labute approximate surface area is 96.4 Å². The Morgan fingerprint density at radius 2 is 2.25 bits per heavy atom. The van der Waals surface area contributed by atoms with E-state index in [1.165, 1.54) is 0 Å². The molecule has 0 spiro atoms. The van der Waals surface area contributed by atoms with Crippen LogP contribution in [0.25, 0.3) is 0 Å². The summed E-state index contributed by atoms with van der Waals surface area (Å²) in [5.74, 6) is 0. The molecule has 0 aromatic carbocycles. The second-order valence-electron chi connectivity index (χ2n) is 3.15. The van der Waals surface area contributed by atoms with Crippen LogP contribution >= 0.6 is 0 Å². The molecule has 1 fully saturated rings. The number of hydrogen-bond donors (Lipinski definition) is 0. The van der Waals surface area contributed by atoms with E-state index in [0.29, 0.717) is 31.1 Å². The Morgan fingerprint density at radius 1 is 1.56 bits per heavy atom. The topological polar surface area (TPSA) is 69.3 Å². The van der Waals surface area contributed by atoms with Crippen molar-refractivity contribution in [3.8, 4) is 12.1 Å². The van der Waals surface area contributed by atoms with Gasteiger partial charge < -0.3 is 9.47 Å². The van der Waals surface area contributed by atoms with Crippen molar-refractivity contribution in [1.82, 2.24) is 0 Å². The van der Waals surface area contributed by atoms with Gasteiger partial charge in [0.05, 0.1) is 32.0 Å². The molecule has 1 aliphatic heterocycles. The van der Waals surface area contributed by atoms with Gasteiger partial charge >= 0.3 is 0 Å². The molecular weight excluding hydrogens is 204 g/mol. The summed E-state index contributed by atoms with van der Waals surface area (Å²) >= 11 is 0. The van der Waals surface area contributed by atoms with Gasteiger partial charge in [-0.2, -0.15) is 10.5 Å². The van der Waals surface area contributed by atoms with E-state index in [4.69, 9.17) is 20.0 Å². The number of ether oxygens (including phenoxy) is 2. The summed E-state index contributed by atoms with van der Waals surface area (Å²) in [7, 11) is 0. The quantitative estimate of drug-likeness (QED) is 0.297. The zero-order chi connectivity index (χ0) is 12.2. The minimum Gasteiger partial charge on any atom is -0.375 e. The number of nitriles is 2. The van der Waals surface area contributed by atoms with Gasteiger partial charge in [-0.25, -0.2) is 0 Å². The monoisotopic (exact) mass is 220 g/mol. The van der Waals surface area contributed by atoms with E-state index in [2.05, 4.69) is 13.2 Å². The molecule has 1 atom stereocenters. The predicted octanol–water partition coefficient (Wildman–Crippen LogP) is 1.96. The van der Waals surface area contributed by atoms with Crippen LogP contribution in [0.1, 0.15) is 12.8 Å². The summed E-state index contributed by atoms with van der Waals surface area (Å²) in [5.41, 5.74) is 0.478. The zero-order valence-electron chi connectivity index (χ0n) is 9.32. The fourth-order valence-electron chi connectivity index (χ4n) is 0.710. The first-order valence-electron chi connectivity index (χ1n) is 4.99. The van der Waals surface area contributed by atoms with Gasteiger partial charge in [0, 0.05) is 12.0 Å². The van der Waals surface area contributed by atoms with Gasteiger partial charge in [0.1, 0.15) is 6.10 Å². The van der Waals surface area contributed by atoms with Crippen LogP contribution in [0.3, 0.4) is 0 Å². The molecule has 0 amide bonds. The first-order valence-corrected chi connectivity index (χ1v) is 4.99. The SMILES string of the molecule is C=C(C#N)CCC#N.C=CCOCC1CO1. The second kappa shape index (κ2) is 9.92. The van der Waals surface area contributed by atoms with Crippen molar-refractivity contribution in [2.75, 3.05) is 19.8 Å². The number of allylic oxidation sites excluding steroid dienone is 1. The number of hydrogen-bond acceptors (Lipinski definition) is 4. The van der Waals surface area contributed by atoms with E-state index < -0.39 is 0 Å². The minimum atomic E-state index is 0.384. The maximum atomic E-state index is 8.10. The van der Waals surface area contributed by atoms with Gasteiger partial charge in [0.25, 0.3) is 0 Å². The standard InChI is InChI=1S/C6H6N2.C6H10O2/c1-6(5-8)3-2-4-7;1-2-3-7-4-6-5-8-6/h1-3H2;2,6H,1,3-5H2. The summed E-state index contributed by atoms with van der Waals surface area (Å²) in [6.07, 6.45) is 3.02. The molecule has 1 aliphatic rings. The van der Waals surface area contributed by atoms with Crippen LogP contribution in [-0.4, -0.2) is 25.9 Å². The van der Waals surface area contributed by atoms with Gasteiger partial charge in [-0.15, -0.1) is 6.58 Å². The molecule has 1 saturated heterocycles. The van der Waals surface area contributed by atoms with Gasteiger partial charge in [0.15, 0.2) is 0 Å². The molecule has 1 heterocycles. The molecule has 0 N–H and O–H groups in total. The number of rotatable bonds is 6. The molecule has 0 bridgehead atoms.